The van der Waals surface area contributed by atoms with Crippen LogP contribution in [0.15, 0.2) is 23.1 Å². The van der Waals surface area contributed by atoms with Crippen LogP contribution in [0.3, 0.4) is 0 Å². The van der Waals surface area contributed by atoms with Gasteiger partial charge in [-0.3, -0.25) is 14.9 Å². The van der Waals surface area contributed by atoms with Gasteiger partial charge in [0.1, 0.15) is 6.04 Å². The van der Waals surface area contributed by atoms with Crippen molar-refractivity contribution in [3.63, 3.8) is 0 Å². The molecule has 0 amide bonds. The number of nitrogens with zero attached hydrogens (tertiary/aromatic N) is 1. The maximum atomic E-state index is 12.1. The van der Waals surface area contributed by atoms with Crippen LogP contribution in [0.5, 0.6) is 0 Å². The molecular weight excluding hydrogens is 300 g/mol. The molecule has 0 aromatic heterocycles. The first-order valence-electron chi connectivity index (χ1n) is 6.19. The molecule has 0 radical (unpaired) electrons. The molecule has 1 atom stereocenters. The van der Waals surface area contributed by atoms with Gasteiger partial charge in [-0.2, -0.15) is 4.72 Å². The molecule has 8 nitrogen and oxygen atoms in total. The Hall–Kier alpha value is -2.00. The third kappa shape index (κ3) is 4.23. The van der Waals surface area contributed by atoms with E-state index in [4.69, 9.17) is 5.11 Å². The van der Waals surface area contributed by atoms with Crippen LogP contribution in [0.4, 0.5) is 5.69 Å². The predicted octanol–water partition coefficient (Wildman–Crippen LogP) is 1.43. The molecule has 116 valence electrons. The number of nitrogens with one attached hydrogen (secondary N) is 1. The number of sulfonamides is 1. The zero-order chi connectivity index (χ0) is 16.2. The Labute approximate surface area is 122 Å². The molecule has 21 heavy (non-hydrogen) atoms. The molecule has 0 heterocycles. The molecule has 9 heteroatoms. The second-order valence-corrected chi connectivity index (χ2v) is 6.22. The molecule has 1 rings (SSSR count). The molecule has 0 aliphatic heterocycles. The number of benzene rings is 1. The normalized spacial score (nSPS) is 12.9. The summed E-state index contributed by atoms with van der Waals surface area (Å²) < 4.78 is 26.3. The molecular formula is C12H16N2O6S. The number of hydrogen-bond donors (Lipinski definition) is 2. The first kappa shape index (κ1) is 17.1. The van der Waals surface area contributed by atoms with Crippen LogP contribution in [0.2, 0.25) is 0 Å². The van der Waals surface area contributed by atoms with Crippen molar-refractivity contribution < 1.29 is 23.2 Å². The van der Waals surface area contributed by atoms with Crippen LogP contribution in [-0.4, -0.2) is 30.5 Å². The number of rotatable bonds is 7. The van der Waals surface area contributed by atoms with E-state index in [1.165, 1.54) is 19.1 Å². The van der Waals surface area contributed by atoms with Gasteiger partial charge in [-0.15, -0.1) is 0 Å². The summed E-state index contributed by atoms with van der Waals surface area (Å²) in [5.41, 5.74) is -0.0115. The molecule has 1 aromatic carbocycles. The lowest BCUT2D eigenvalue weighted by molar-refractivity contribution is -0.385. The number of nitro groups is 1. The highest BCUT2D eigenvalue weighted by molar-refractivity contribution is 7.89. The van der Waals surface area contributed by atoms with Gasteiger partial charge in [-0.05, 0) is 19.4 Å². The van der Waals surface area contributed by atoms with Gasteiger partial charge < -0.3 is 5.11 Å². The first-order chi connectivity index (χ1) is 9.69. The van der Waals surface area contributed by atoms with Crippen LogP contribution in [0, 0.1) is 17.0 Å². The Morgan fingerprint density at radius 3 is 2.57 bits per heavy atom. The van der Waals surface area contributed by atoms with Crippen LogP contribution in [0.1, 0.15) is 25.3 Å². The Morgan fingerprint density at radius 2 is 2.10 bits per heavy atom. The standard InChI is InChI=1S/C12H16N2O6S/c1-3-4-10(12(15)16)13-21(19,20)9-6-5-8(2)11(7-9)14(17)18/h5-7,10,13H,3-4H2,1-2H3,(H,15,16). The third-order valence-corrected chi connectivity index (χ3v) is 4.33. The summed E-state index contributed by atoms with van der Waals surface area (Å²) in [5.74, 6) is -1.29. The van der Waals surface area contributed by atoms with Crippen molar-refractivity contribution in [3.05, 3.63) is 33.9 Å². The van der Waals surface area contributed by atoms with Crippen molar-refractivity contribution in [2.45, 2.75) is 37.6 Å². The fourth-order valence-electron chi connectivity index (χ4n) is 1.73. The number of carbonyl (C=O) groups is 1. The number of aryl methyl sites for hydroxylation is 1. The van der Waals surface area contributed by atoms with E-state index < -0.39 is 27.0 Å². The van der Waals surface area contributed by atoms with Crippen LogP contribution >= 0.6 is 0 Å². The van der Waals surface area contributed by atoms with Gasteiger partial charge in [-0.25, -0.2) is 8.42 Å². The Bertz CT molecular complexity index is 656. The lowest BCUT2D eigenvalue weighted by Crippen LogP contribution is -2.40. The van der Waals surface area contributed by atoms with Crippen molar-refractivity contribution >= 4 is 21.7 Å². The van der Waals surface area contributed by atoms with E-state index in [-0.39, 0.29) is 17.0 Å². The summed E-state index contributed by atoms with van der Waals surface area (Å²) in [4.78, 5) is 20.8. The molecule has 0 aliphatic carbocycles. The maximum Gasteiger partial charge on any atom is 0.321 e. The predicted molar refractivity (Wildman–Crippen MR) is 74.5 cm³/mol. The van der Waals surface area contributed by atoms with Gasteiger partial charge in [0, 0.05) is 11.6 Å². The van der Waals surface area contributed by atoms with Crippen LogP contribution < -0.4 is 4.72 Å². The average molecular weight is 316 g/mol. The minimum atomic E-state index is -4.13. The number of carboxylic acid groups (broad SMARTS) is 1. The highest BCUT2D eigenvalue weighted by atomic mass is 32.2. The van der Waals surface area contributed by atoms with E-state index in [9.17, 15) is 23.3 Å². The lowest BCUT2D eigenvalue weighted by Gasteiger charge is -2.14. The topological polar surface area (TPSA) is 127 Å². The van der Waals surface area contributed by atoms with Gasteiger partial charge in [0.25, 0.3) is 5.69 Å². The maximum absolute atomic E-state index is 12.1. The molecule has 0 fully saturated rings. The van der Waals surface area contributed by atoms with E-state index in [1.807, 2.05) is 4.72 Å². The van der Waals surface area contributed by atoms with Gasteiger partial charge in [0.05, 0.1) is 9.82 Å². The van der Waals surface area contributed by atoms with Crippen molar-refractivity contribution in [3.8, 4) is 0 Å². The molecule has 1 aromatic rings. The minimum absolute atomic E-state index is 0.127. The smallest absolute Gasteiger partial charge is 0.321 e. The monoisotopic (exact) mass is 316 g/mol. The van der Waals surface area contributed by atoms with Gasteiger partial charge in [-0.1, -0.05) is 19.4 Å². The lowest BCUT2D eigenvalue weighted by atomic mass is 10.2. The number of aliphatic carboxylic acids is 1. The molecule has 0 aliphatic rings. The van der Waals surface area contributed by atoms with Crippen molar-refractivity contribution in [1.29, 1.82) is 0 Å². The minimum Gasteiger partial charge on any atom is -0.480 e. The number of hydrogen-bond acceptors (Lipinski definition) is 5. The summed E-state index contributed by atoms with van der Waals surface area (Å²) in [7, 11) is -4.13. The quantitative estimate of drug-likeness (QED) is 0.579. The zero-order valence-electron chi connectivity index (χ0n) is 11.6. The Balaban J connectivity index is 3.16. The summed E-state index contributed by atoms with van der Waals surface area (Å²) in [6, 6.07) is 2.17. The third-order valence-electron chi connectivity index (χ3n) is 2.86. The molecule has 0 saturated heterocycles. The summed E-state index contributed by atoms with van der Waals surface area (Å²) in [6.07, 6.45) is 0.607. The van der Waals surface area contributed by atoms with E-state index >= 15 is 0 Å². The molecule has 2 N–H and O–H groups in total. The fourth-order valence-corrected chi connectivity index (χ4v) is 2.97. The van der Waals surface area contributed by atoms with E-state index in [0.29, 0.717) is 12.0 Å². The fraction of sp³-hybridized carbons (Fsp3) is 0.417. The second kappa shape index (κ2) is 6.64. The summed E-state index contributed by atoms with van der Waals surface area (Å²) in [5, 5.41) is 19.8. The van der Waals surface area contributed by atoms with Crippen molar-refractivity contribution in [2.24, 2.45) is 0 Å². The van der Waals surface area contributed by atoms with E-state index in [0.717, 1.165) is 6.07 Å². The van der Waals surface area contributed by atoms with Gasteiger partial charge >= 0.3 is 5.97 Å². The summed E-state index contributed by atoms with van der Waals surface area (Å²) in [6.45, 7) is 3.21. The molecule has 0 saturated carbocycles. The molecule has 0 spiro atoms. The van der Waals surface area contributed by atoms with Gasteiger partial charge in [0.15, 0.2) is 0 Å². The van der Waals surface area contributed by atoms with Crippen LogP contribution in [-0.2, 0) is 14.8 Å². The van der Waals surface area contributed by atoms with Crippen molar-refractivity contribution in [1.82, 2.24) is 4.72 Å². The number of carboxylic acids is 1. The second-order valence-electron chi connectivity index (χ2n) is 4.51. The summed E-state index contributed by atoms with van der Waals surface area (Å²) >= 11 is 0. The number of nitro benzene ring substituents is 1. The SMILES string of the molecule is CCCC(NS(=O)(=O)c1ccc(C)c([N+](=O)[O-])c1)C(=O)O. The highest BCUT2D eigenvalue weighted by Crippen LogP contribution is 2.22. The average Bonchev–Trinajstić information content (AvgIpc) is 2.37. The largest absolute Gasteiger partial charge is 0.480 e. The Kier molecular flexibility index (Phi) is 5.39. The van der Waals surface area contributed by atoms with Crippen molar-refractivity contribution in [2.75, 3.05) is 0 Å². The van der Waals surface area contributed by atoms with Crippen LogP contribution in [0.25, 0.3) is 0 Å². The Morgan fingerprint density at radius 1 is 1.48 bits per heavy atom. The van der Waals surface area contributed by atoms with E-state index in [2.05, 4.69) is 0 Å². The molecule has 0 bridgehead atoms. The highest BCUT2D eigenvalue weighted by Gasteiger charge is 2.26. The molecule has 1 unspecified atom stereocenters. The van der Waals surface area contributed by atoms with E-state index in [1.54, 1.807) is 6.92 Å². The first-order valence-corrected chi connectivity index (χ1v) is 7.67. The van der Waals surface area contributed by atoms with Gasteiger partial charge in [0.2, 0.25) is 10.0 Å². The zero-order valence-corrected chi connectivity index (χ0v) is 12.4.